The number of esters is 1. The second-order valence-corrected chi connectivity index (χ2v) is 11.9. The van der Waals surface area contributed by atoms with Crippen LogP contribution in [0.2, 0.25) is 0 Å². The molecule has 4 fully saturated rings. The molecular weight excluding hydrogens is 392 g/mol. The zero-order valence-electron chi connectivity index (χ0n) is 18.5. The Morgan fingerprint density at radius 1 is 1.07 bits per heavy atom. The molecule has 0 saturated heterocycles. The van der Waals surface area contributed by atoms with Crippen molar-refractivity contribution in [2.24, 2.45) is 23.2 Å². The first-order valence-corrected chi connectivity index (χ1v) is 12.1. The lowest BCUT2D eigenvalue weighted by Gasteiger charge is -2.55. The Kier molecular flexibility index (Phi) is 4.81. The van der Waals surface area contributed by atoms with Crippen LogP contribution in [0.25, 0.3) is 0 Å². The predicted octanol–water partition coefficient (Wildman–Crippen LogP) is 6.22. The molecule has 2 aromatic rings. The molecule has 0 unspecified atom stereocenters. The van der Waals surface area contributed by atoms with E-state index >= 15 is 0 Å². The molecule has 6 rings (SSSR count). The molecule has 4 saturated carbocycles. The van der Waals surface area contributed by atoms with Crippen LogP contribution in [-0.4, -0.2) is 15.7 Å². The smallest absolute Gasteiger partial charge is 0.318 e. The van der Waals surface area contributed by atoms with Crippen LogP contribution in [0.5, 0.6) is 5.88 Å². The summed E-state index contributed by atoms with van der Waals surface area (Å²) in [5.74, 6) is 2.76. The van der Waals surface area contributed by atoms with E-state index in [9.17, 15) is 4.79 Å². The van der Waals surface area contributed by atoms with Crippen molar-refractivity contribution in [3.05, 3.63) is 36.0 Å². The molecule has 0 atom stereocenters. The molecule has 160 valence electrons. The number of ether oxygens (including phenoxy) is 1. The highest BCUT2D eigenvalue weighted by Crippen LogP contribution is 2.60. The van der Waals surface area contributed by atoms with Crippen LogP contribution in [0.15, 0.2) is 40.1 Å². The zero-order valence-corrected chi connectivity index (χ0v) is 19.3. The molecule has 4 bridgehead atoms. The van der Waals surface area contributed by atoms with E-state index in [1.807, 2.05) is 29.8 Å². The van der Waals surface area contributed by atoms with Gasteiger partial charge in [-0.05, 0) is 96.1 Å². The number of aryl methyl sites for hydroxylation is 1. The summed E-state index contributed by atoms with van der Waals surface area (Å²) in [6.45, 7) is 8.34. The fourth-order valence-electron chi connectivity index (χ4n) is 6.32. The van der Waals surface area contributed by atoms with E-state index in [0.29, 0.717) is 5.88 Å². The van der Waals surface area contributed by atoms with Crippen molar-refractivity contribution < 1.29 is 9.53 Å². The summed E-state index contributed by atoms with van der Waals surface area (Å²) < 4.78 is 8.23. The van der Waals surface area contributed by atoms with E-state index in [1.54, 1.807) is 11.8 Å². The van der Waals surface area contributed by atoms with Gasteiger partial charge >= 0.3 is 5.97 Å². The molecule has 0 amide bonds. The number of benzene rings is 1. The largest absolute Gasteiger partial charge is 0.406 e. The van der Waals surface area contributed by atoms with Crippen molar-refractivity contribution >= 4 is 17.7 Å². The summed E-state index contributed by atoms with van der Waals surface area (Å²) in [4.78, 5) is 15.8. The highest BCUT2D eigenvalue weighted by atomic mass is 32.2. The number of hydrogen-bond donors (Lipinski definition) is 0. The fraction of sp³-hybridized carbons (Fsp3) is 0.600. The highest BCUT2D eigenvalue weighted by molar-refractivity contribution is 7.99. The van der Waals surface area contributed by atoms with E-state index in [0.717, 1.165) is 52.5 Å². The maximum atomic E-state index is 13.7. The molecule has 4 aliphatic carbocycles. The minimum absolute atomic E-state index is 0.0121. The van der Waals surface area contributed by atoms with Gasteiger partial charge in [-0.15, -0.1) is 0 Å². The summed E-state index contributed by atoms with van der Waals surface area (Å²) in [7, 11) is 0. The van der Waals surface area contributed by atoms with E-state index in [4.69, 9.17) is 9.84 Å². The molecule has 1 aromatic heterocycles. The molecule has 30 heavy (non-hydrogen) atoms. The number of aromatic nitrogens is 2. The SMILES string of the molecule is Cc1nn(C(C)(C)C)c(OC(=O)C23CC4CC(CC(C4)C2)C3)c1Sc1ccccc1. The average Bonchev–Trinajstić information content (AvgIpc) is 2.97. The van der Waals surface area contributed by atoms with Crippen LogP contribution in [0.1, 0.15) is 65.0 Å². The minimum atomic E-state index is -0.273. The Balaban J connectivity index is 1.49. The molecule has 1 aromatic carbocycles. The van der Waals surface area contributed by atoms with Gasteiger partial charge in [0.25, 0.3) is 0 Å². The van der Waals surface area contributed by atoms with Gasteiger partial charge < -0.3 is 4.74 Å². The van der Waals surface area contributed by atoms with Gasteiger partial charge in [0.05, 0.1) is 21.5 Å². The lowest BCUT2D eigenvalue weighted by atomic mass is 9.49. The third kappa shape index (κ3) is 3.49. The van der Waals surface area contributed by atoms with Gasteiger partial charge in [0, 0.05) is 4.90 Å². The van der Waals surface area contributed by atoms with E-state index in [1.165, 1.54) is 19.3 Å². The summed E-state index contributed by atoms with van der Waals surface area (Å²) >= 11 is 1.64. The number of carbonyl (C=O) groups excluding carboxylic acids is 1. The number of carbonyl (C=O) groups is 1. The van der Waals surface area contributed by atoms with Crippen LogP contribution in [-0.2, 0) is 10.3 Å². The van der Waals surface area contributed by atoms with Crippen molar-refractivity contribution in [2.45, 2.75) is 81.5 Å². The quantitative estimate of drug-likeness (QED) is 0.547. The molecular formula is C25H32N2O2S. The van der Waals surface area contributed by atoms with Gasteiger partial charge in [-0.25, -0.2) is 4.68 Å². The molecule has 1 heterocycles. The summed E-state index contributed by atoms with van der Waals surface area (Å²) in [6.07, 6.45) is 7.01. The van der Waals surface area contributed by atoms with Gasteiger partial charge in [-0.2, -0.15) is 5.10 Å². The molecule has 0 radical (unpaired) electrons. The normalized spacial score (nSPS) is 29.9. The Bertz CT molecular complexity index is 922. The average molecular weight is 425 g/mol. The van der Waals surface area contributed by atoms with Crippen molar-refractivity contribution in [1.29, 1.82) is 0 Å². The van der Waals surface area contributed by atoms with Crippen LogP contribution in [0.4, 0.5) is 0 Å². The topological polar surface area (TPSA) is 44.1 Å². The van der Waals surface area contributed by atoms with Gasteiger partial charge in [-0.1, -0.05) is 30.0 Å². The van der Waals surface area contributed by atoms with Crippen molar-refractivity contribution in [2.75, 3.05) is 0 Å². The van der Waals surface area contributed by atoms with E-state index in [-0.39, 0.29) is 16.9 Å². The maximum absolute atomic E-state index is 13.7. The van der Waals surface area contributed by atoms with E-state index in [2.05, 4.69) is 32.9 Å². The summed E-state index contributed by atoms with van der Waals surface area (Å²) in [6, 6.07) is 10.3. The fourth-order valence-corrected chi connectivity index (χ4v) is 7.25. The molecule has 0 N–H and O–H groups in total. The first-order valence-electron chi connectivity index (χ1n) is 11.3. The molecule has 0 aliphatic heterocycles. The van der Waals surface area contributed by atoms with Crippen LogP contribution in [0, 0.1) is 30.1 Å². The summed E-state index contributed by atoms with van der Waals surface area (Å²) in [5, 5.41) is 4.80. The first kappa shape index (κ1) is 20.2. The number of rotatable bonds is 4. The number of nitrogens with zero attached hydrogens (tertiary/aromatic N) is 2. The third-order valence-electron chi connectivity index (χ3n) is 7.22. The van der Waals surface area contributed by atoms with Crippen LogP contribution in [0.3, 0.4) is 0 Å². The summed E-state index contributed by atoms with van der Waals surface area (Å²) in [5.41, 5.74) is 0.369. The molecule has 4 aliphatic rings. The monoisotopic (exact) mass is 424 g/mol. The van der Waals surface area contributed by atoms with Crippen molar-refractivity contribution in [3.8, 4) is 5.88 Å². The second-order valence-electron chi connectivity index (χ2n) is 10.8. The van der Waals surface area contributed by atoms with Gasteiger partial charge in [0.1, 0.15) is 0 Å². The van der Waals surface area contributed by atoms with Crippen molar-refractivity contribution in [1.82, 2.24) is 9.78 Å². The third-order valence-corrected chi connectivity index (χ3v) is 8.41. The molecule has 5 heteroatoms. The standard InChI is InChI=1S/C25H32N2O2S/c1-16-21(30-20-8-6-5-7-9-20)22(27(26-16)24(2,3)4)29-23(28)25-13-17-10-18(14-25)12-19(11-17)15-25/h5-9,17-19H,10-15H2,1-4H3. The van der Waals surface area contributed by atoms with Crippen LogP contribution < -0.4 is 4.74 Å². The Morgan fingerprint density at radius 3 is 2.17 bits per heavy atom. The van der Waals surface area contributed by atoms with Crippen LogP contribution >= 0.6 is 11.8 Å². The Hall–Kier alpha value is -1.75. The van der Waals surface area contributed by atoms with Gasteiger partial charge in [-0.3, -0.25) is 4.79 Å². The maximum Gasteiger partial charge on any atom is 0.318 e. The zero-order chi connectivity index (χ0) is 21.1. The van der Waals surface area contributed by atoms with E-state index < -0.39 is 0 Å². The lowest BCUT2D eigenvalue weighted by Crippen LogP contribution is -2.51. The van der Waals surface area contributed by atoms with Gasteiger partial charge in [0.15, 0.2) is 0 Å². The Morgan fingerprint density at radius 2 is 1.63 bits per heavy atom. The minimum Gasteiger partial charge on any atom is -0.406 e. The van der Waals surface area contributed by atoms with Gasteiger partial charge in [0.2, 0.25) is 5.88 Å². The predicted molar refractivity (Wildman–Crippen MR) is 119 cm³/mol. The van der Waals surface area contributed by atoms with Crippen molar-refractivity contribution in [3.63, 3.8) is 0 Å². The number of hydrogen-bond acceptors (Lipinski definition) is 4. The lowest BCUT2D eigenvalue weighted by molar-refractivity contribution is -0.162. The first-order chi connectivity index (χ1) is 14.2. The molecule has 4 nitrogen and oxygen atoms in total. The Labute approximate surface area is 183 Å². The second kappa shape index (κ2) is 7.15. The highest BCUT2D eigenvalue weighted by Gasteiger charge is 2.56. The molecule has 0 spiro atoms.